The number of hydrogen-bond acceptors (Lipinski definition) is 16. The number of rotatable bonds is 15. The van der Waals surface area contributed by atoms with Crippen LogP contribution in [-0.4, -0.2) is 26.7 Å². The molecule has 46 heavy (non-hydrogen) atoms. The molecule has 4 N–H and O–H groups in total. The van der Waals surface area contributed by atoms with Crippen LogP contribution in [0.1, 0.15) is 37.8 Å². The lowest BCUT2D eigenvalue weighted by atomic mass is 9.88. The van der Waals surface area contributed by atoms with E-state index in [-0.39, 0.29) is 41.0 Å². The first kappa shape index (κ1) is 35.2. The quantitative estimate of drug-likeness (QED) is 0.0987. The van der Waals surface area contributed by atoms with Crippen molar-refractivity contribution in [3.05, 3.63) is 114 Å². The average molecular weight is 663 g/mol. The highest BCUT2D eigenvalue weighted by Crippen LogP contribution is 2.51. The van der Waals surface area contributed by atoms with Gasteiger partial charge in [-0.3, -0.25) is 40.1 Å². The van der Waals surface area contributed by atoms with Crippen molar-refractivity contribution in [3.63, 3.8) is 0 Å². The lowest BCUT2D eigenvalue weighted by molar-refractivity contribution is -0.385. The molecule has 3 rings (SSSR count). The number of nitrogens with zero attached hydrogens (tertiary/aromatic N) is 3. The summed E-state index contributed by atoms with van der Waals surface area (Å²) >= 11 is 0. The monoisotopic (exact) mass is 663 g/mol. The van der Waals surface area contributed by atoms with E-state index in [4.69, 9.17) is 25.3 Å². The van der Waals surface area contributed by atoms with Crippen molar-refractivity contribution in [2.75, 3.05) is 0 Å². The summed E-state index contributed by atoms with van der Waals surface area (Å²) in [5.41, 5.74) is 7.53. The van der Waals surface area contributed by atoms with Crippen LogP contribution in [0.3, 0.4) is 0 Å². The summed E-state index contributed by atoms with van der Waals surface area (Å²) in [6.45, 7) is 2.94. The molecule has 0 aromatic heterocycles. The fourth-order valence-electron chi connectivity index (χ4n) is 3.80. The van der Waals surface area contributed by atoms with Gasteiger partial charge in [0.25, 0.3) is 17.1 Å². The summed E-state index contributed by atoms with van der Waals surface area (Å²) in [5, 5.41) is 33.0. The van der Waals surface area contributed by atoms with Crippen molar-refractivity contribution < 1.29 is 52.6 Å². The van der Waals surface area contributed by atoms with Crippen LogP contribution < -0.4 is 16.0 Å². The number of carbonyl (C=O) groups excluding carboxylic acids is 2. The second-order valence-electron chi connectivity index (χ2n) is 9.44. The Morgan fingerprint density at radius 3 is 1.24 bits per heavy atom. The molecule has 20 heteroatoms. The normalized spacial score (nSPS) is 13.8. The number of nitro benzene ring substituents is 3. The number of non-ortho nitro benzene ring substituents is 3. The van der Waals surface area contributed by atoms with E-state index in [1.807, 2.05) is 0 Å². The van der Waals surface area contributed by atoms with Crippen molar-refractivity contribution >= 4 is 36.8 Å². The highest BCUT2D eigenvalue weighted by Gasteiger charge is 2.44. The molecule has 19 nitrogen and oxygen atoms in total. The molecule has 0 spiro atoms. The maximum Gasteiger partial charge on any atom is 0.604 e. The van der Waals surface area contributed by atoms with Gasteiger partial charge in [0.15, 0.2) is 0 Å². The average Bonchev–Trinajstić information content (AvgIpc) is 3.05. The number of nitrogens with two attached hydrogens (primary N) is 2. The summed E-state index contributed by atoms with van der Waals surface area (Å²) in [5.74, 6) is -3.14. The second-order valence-corrected chi connectivity index (χ2v) is 10.8. The minimum atomic E-state index is -5.32. The van der Waals surface area contributed by atoms with Crippen LogP contribution in [0.25, 0.3) is 0 Å². The van der Waals surface area contributed by atoms with Gasteiger partial charge in [0.05, 0.1) is 14.8 Å². The number of carbonyl (C=O) groups is 2. The first-order valence-electron chi connectivity index (χ1n) is 13.0. The van der Waals surface area contributed by atoms with E-state index in [1.165, 1.54) is 38.1 Å². The van der Waals surface area contributed by atoms with Crippen LogP contribution in [-0.2, 0) is 44.4 Å². The maximum atomic E-state index is 13.6. The molecule has 0 bridgehead atoms. The van der Waals surface area contributed by atoms with E-state index in [9.17, 15) is 44.5 Å². The Morgan fingerprint density at radius 1 is 0.652 bits per heavy atom. The molecule has 0 fully saturated rings. The lowest BCUT2D eigenvalue weighted by Gasteiger charge is -2.27. The maximum absolute atomic E-state index is 13.6. The molecule has 0 aliphatic rings. The molecule has 0 aliphatic carbocycles. The zero-order valence-corrected chi connectivity index (χ0v) is 24.9. The fraction of sp³-hybridized carbons (Fsp3) is 0.231. The molecule has 0 saturated heterocycles. The molecule has 0 saturated carbocycles. The van der Waals surface area contributed by atoms with Crippen LogP contribution in [0.15, 0.2) is 72.8 Å². The third-order valence-electron chi connectivity index (χ3n) is 6.70. The summed E-state index contributed by atoms with van der Waals surface area (Å²) in [7, 11) is -5.32. The molecule has 2 atom stereocenters. The highest BCUT2D eigenvalue weighted by molar-refractivity contribution is 7.48. The van der Waals surface area contributed by atoms with Crippen molar-refractivity contribution in [3.8, 4) is 5.75 Å². The van der Waals surface area contributed by atoms with Crippen molar-refractivity contribution in [2.24, 2.45) is 11.5 Å². The van der Waals surface area contributed by atoms with E-state index < -0.39 is 51.4 Å². The summed E-state index contributed by atoms with van der Waals surface area (Å²) in [6, 6.07) is 13.0. The Morgan fingerprint density at radius 2 is 0.957 bits per heavy atom. The molecule has 0 amide bonds. The Bertz CT molecular complexity index is 1580. The lowest BCUT2D eigenvalue weighted by Crippen LogP contribution is -2.46. The Labute approximate surface area is 258 Å². The first-order valence-corrected chi connectivity index (χ1v) is 14.5. The van der Waals surface area contributed by atoms with Gasteiger partial charge in [-0.1, -0.05) is 23.2 Å². The van der Waals surface area contributed by atoms with Gasteiger partial charge in [-0.05, 0) is 60.4 Å². The molecule has 0 unspecified atom stereocenters. The SMILES string of the molecule is CC[C@](N)(C(=O)OOP(=O)(OOC(=O)[C@@](N)(CC)c1ccc([N+](=O)[O-])cc1)Oc1ccc([N+](=O)[O-])cc1)c1ccc([N+](=O)[O-])cc1. The predicted molar refractivity (Wildman–Crippen MR) is 154 cm³/mol. The van der Waals surface area contributed by atoms with Gasteiger partial charge in [0, 0.05) is 36.4 Å². The van der Waals surface area contributed by atoms with Gasteiger partial charge in [-0.15, -0.1) is 0 Å². The van der Waals surface area contributed by atoms with Gasteiger partial charge >= 0.3 is 19.8 Å². The Hall–Kier alpha value is -5.33. The molecular weight excluding hydrogens is 637 g/mol. The van der Waals surface area contributed by atoms with Crippen LogP contribution >= 0.6 is 7.82 Å². The summed E-state index contributed by atoms with van der Waals surface area (Å²) in [4.78, 5) is 66.4. The minimum Gasteiger partial charge on any atom is -0.400 e. The van der Waals surface area contributed by atoms with Crippen LogP contribution in [0, 0.1) is 30.3 Å². The van der Waals surface area contributed by atoms with Crippen molar-refractivity contribution in [2.45, 2.75) is 37.8 Å². The van der Waals surface area contributed by atoms with Crippen LogP contribution in [0.4, 0.5) is 17.1 Å². The molecule has 3 aromatic carbocycles. The summed E-state index contributed by atoms with van der Waals surface area (Å²) in [6.07, 6.45) is -0.310. The molecule has 3 aromatic rings. The van der Waals surface area contributed by atoms with Gasteiger partial charge in [0.1, 0.15) is 16.8 Å². The van der Waals surface area contributed by atoms with Gasteiger partial charge < -0.3 is 16.0 Å². The largest absolute Gasteiger partial charge is 0.604 e. The third-order valence-corrected chi connectivity index (χ3v) is 7.65. The minimum absolute atomic E-state index is 0.0478. The topological polar surface area (TPSA) is 279 Å². The second kappa shape index (κ2) is 14.2. The van der Waals surface area contributed by atoms with Gasteiger partial charge in [0.2, 0.25) is 0 Å². The molecule has 0 heterocycles. The van der Waals surface area contributed by atoms with E-state index >= 15 is 0 Å². The molecule has 0 radical (unpaired) electrons. The molecule has 0 aliphatic heterocycles. The van der Waals surface area contributed by atoms with E-state index in [0.717, 1.165) is 48.5 Å². The van der Waals surface area contributed by atoms with Crippen LogP contribution in [0.2, 0.25) is 0 Å². The van der Waals surface area contributed by atoms with Gasteiger partial charge in [-0.25, -0.2) is 14.2 Å². The zero-order chi connectivity index (χ0) is 34.3. The first-order chi connectivity index (χ1) is 21.6. The van der Waals surface area contributed by atoms with Crippen molar-refractivity contribution in [1.82, 2.24) is 0 Å². The smallest absolute Gasteiger partial charge is 0.400 e. The summed E-state index contributed by atoms with van der Waals surface area (Å²) < 4.78 is 28.1. The Kier molecular flexibility index (Phi) is 10.8. The van der Waals surface area contributed by atoms with E-state index in [2.05, 4.69) is 9.78 Å². The highest BCUT2D eigenvalue weighted by atomic mass is 31.2. The van der Waals surface area contributed by atoms with E-state index in [0.29, 0.717) is 0 Å². The number of benzene rings is 3. The van der Waals surface area contributed by atoms with Crippen LogP contribution in [0.5, 0.6) is 5.75 Å². The number of nitro groups is 3. The van der Waals surface area contributed by atoms with Gasteiger partial charge in [-0.2, -0.15) is 0 Å². The standard InChI is InChI=1S/C26H26N5O14P/c1-3-25(27,17-5-9-19(10-6-17)29(34)35)23(32)41-44-46(40,43-22-15-13-21(14-16-22)31(38)39)45-42-24(33)26(28,4-2)18-7-11-20(12-8-18)30(36)37/h5-16H,3-4,27-28H2,1-2H3/t25-,26-/m1/s1. The molecular formula is C26H26N5O14P. The van der Waals surface area contributed by atoms with Crippen molar-refractivity contribution in [1.29, 1.82) is 0 Å². The third kappa shape index (κ3) is 7.84. The zero-order valence-electron chi connectivity index (χ0n) is 24.0. The fourth-order valence-corrected chi connectivity index (χ4v) is 4.59. The number of hydrogen-bond donors (Lipinski definition) is 2. The Balaban J connectivity index is 1.87. The van der Waals surface area contributed by atoms with E-state index in [1.54, 1.807) is 0 Å². The predicted octanol–water partition coefficient (Wildman–Crippen LogP) is 4.38. The molecule has 244 valence electrons. The number of phosphoric acid groups is 1.